The third-order valence-corrected chi connectivity index (χ3v) is 3.21. The van der Waals surface area contributed by atoms with Crippen LogP contribution in [0.2, 0.25) is 0 Å². The maximum Gasteiger partial charge on any atom is 0.247 e. The van der Waals surface area contributed by atoms with Crippen LogP contribution in [0.25, 0.3) is 0 Å². The van der Waals surface area contributed by atoms with Crippen LogP contribution in [0.15, 0.2) is 24.3 Å². The average molecular weight is 330 g/mol. The van der Waals surface area contributed by atoms with Crippen molar-refractivity contribution >= 4 is 40.1 Å². The summed E-state index contributed by atoms with van der Waals surface area (Å²) in [6.07, 6.45) is 0. The number of halogens is 1. The van der Waals surface area contributed by atoms with Crippen LogP contribution in [0.5, 0.6) is 0 Å². The van der Waals surface area contributed by atoms with E-state index in [1.807, 2.05) is 24.3 Å². The number of hydrogen-bond acceptors (Lipinski definition) is 2. The fourth-order valence-electron chi connectivity index (χ4n) is 1.72. The Bertz CT molecular complexity index is 447. The lowest BCUT2D eigenvalue weighted by Gasteiger charge is -2.32. The topological polar surface area (TPSA) is 49.4 Å². The van der Waals surface area contributed by atoms with Crippen molar-refractivity contribution in [1.82, 2.24) is 5.32 Å². The number of piperazine rings is 1. The Morgan fingerprint density at radius 3 is 2.88 bits per heavy atom. The summed E-state index contributed by atoms with van der Waals surface area (Å²) in [7, 11) is 0. The molecular formula is C11H11IN2O2. The standard InChI is InChI=1S/C11H11IN2O2/c1-7-11(16)13-6-10(15)14(7)9-4-2-3-8(12)5-9/h2-5,7H,6H2,1H3,(H,13,16). The first-order valence-corrected chi connectivity index (χ1v) is 6.03. The summed E-state index contributed by atoms with van der Waals surface area (Å²) in [5.74, 6) is -0.187. The van der Waals surface area contributed by atoms with Crippen molar-refractivity contribution < 1.29 is 9.59 Å². The van der Waals surface area contributed by atoms with Crippen LogP contribution >= 0.6 is 22.6 Å². The number of nitrogens with zero attached hydrogens (tertiary/aromatic N) is 1. The molecule has 2 rings (SSSR count). The summed E-state index contributed by atoms with van der Waals surface area (Å²) in [5.41, 5.74) is 0.777. The van der Waals surface area contributed by atoms with Crippen LogP contribution in [-0.4, -0.2) is 24.4 Å². The monoisotopic (exact) mass is 330 g/mol. The van der Waals surface area contributed by atoms with Crippen LogP contribution in [0.3, 0.4) is 0 Å². The average Bonchev–Trinajstić information content (AvgIpc) is 2.24. The lowest BCUT2D eigenvalue weighted by atomic mass is 10.1. The molecule has 0 saturated carbocycles. The number of carbonyl (C=O) groups is 2. The van der Waals surface area contributed by atoms with Gasteiger partial charge >= 0.3 is 0 Å². The lowest BCUT2D eigenvalue weighted by molar-refractivity contribution is -0.130. The van der Waals surface area contributed by atoms with Crippen molar-refractivity contribution in [3.63, 3.8) is 0 Å². The minimum absolute atomic E-state index is 0.0749. The molecule has 0 spiro atoms. The van der Waals surface area contributed by atoms with Crippen molar-refractivity contribution in [3.05, 3.63) is 27.8 Å². The molecule has 84 valence electrons. The highest BCUT2D eigenvalue weighted by Crippen LogP contribution is 2.21. The lowest BCUT2D eigenvalue weighted by Crippen LogP contribution is -2.57. The van der Waals surface area contributed by atoms with Gasteiger partial charge in [-0.05, 0) is 47.7 Å². The van der Waals surface area contributed by atoms with Gasteiger partial charge < -0.3 is 5.32 Å². The summed E-state index contributed by atoms with van der Waals surface area (Å²) in [5, 5.41) is 2.56. The van der Waals surface area contributed by atoms with Crippen molar-refractivity contribution in [2.75, 3.05) is 11.4 Å². The first kappa shape index (κ1) is 11.4. The van der Waals surface area contributed by atoms with Gasteiger partial charge in [-0.25, -0.2) is 0 Å². The van der Waals surface area contributed by atoms with Crippen molar-refractivity contribution in [2.45, 2.75) is 13.0 Å². The van der Waals surface area contributed by atoms with Gasteiger partial charge in [0, 0.05) is 9.26 Å². The minimum atomic E-state index is -0.445. The van der Waals surface area contributed by atoms with Gasteiger partial charge in [-0.1, -0.05) is 6.07 Å². The van der Waals surface area contributed by atoms with E-state index in [2.05, 4.69) is 27.9 Å². The van der Waals surface area contributed by atoms with E-state index in [1.165, 1.54) is 0 Å². The minimum Gasteiger partial charge on any atom is -0.345 e. The third kappa shape index (κ3) is 2.04. The maximum absolute atomic E-state index is 11.8. The van der Waals surface area contributed by atoms with E-state index < -0.39 is 6.04 Å². The molecule has 0 radical (unpaired) electrons. The molecule has 1 saturated heterocycles. The normalized spacial score (nSPS) is 20.9. The molecule has 5 heteroatoms. The predicted octanol–water partition coefficient (Wildman–Crippen LogP) is 1.14. The Morgan fingerprint density at radius 2 is 2.19 bits per heavy atom. The Balaban J connectivity index is 2.37. The molecule has 0 bridgehead atoms. The summed E-state index contributed by atoms with van der Waals surface area (Å²) >= 11 is 2.18. The SMILES string of the molecule is CC1C(=O)NCC(=O)N1c1cccc(I)c1. The van der Waals surface area contributed by atoms with Gasteiger partial charge in [-0.15, -0.1) is 0 Å². The molecule has 1 aliphatic heterocycles. The smallest absolute Gasteiger partial charge is 0.247 e. The van der Waals surface area contributed by atoms with E-state index in [0.717, 1.165) is 9.26 Å². The fraction of sp³-hybridized carbons (Fsp3) is 0.273. The molecule has 2 amide bonds. The Labute approximate surface area is 107 Å². The van der Waals surface area contributed by atoms with E-state index in [0.29, 0.717) is 0 Å². The third-order valence-electron chi connectivity index (χ3n) is 2.54. The summed E-state index contributed by atoms with van der Waals surface area (Å²) < 4.78 is 1.04. The Morgan fingerprint density at radius 1 is 1.44 bits per heavy atom. The van der Waals surface area contributed by atoms with Gasteiger partial charge in [0.25, 0.3) is 0 Å². The molecule has 16 heavy (non-hydrogen) atoms. The zero-order valence-electron chi connectivity index (χ0n) is 8.74. The molecule has 4 nitrogen and oxygen atoms in total. The van der Waals surface area contributed by atoms with E-state index in [9.17, 15) is 9.59 Å². The van der Waals surface area contributed by atoms with Crippen LogP contribution < -0.4 is 10.2 Å². The predicted molar refractivity (Wildman–Crippen MR) is 69.1 cm³/mol. The number of hydrogen-bond donors (Lipinski definition) is 1. The molecule has 1 aromatic rings. The fourth-order valence-corrected chi connectivity index (χ4v) is 2.25. The molecule has 1 aromatic carbocycles. The van der Waals surface area contributed by atoms with Gasteiger partial charge in [0.15, 0.2) is 0 Å². The largest absolute Gasteiger partial charge is 0.345 e. The molecular weight excluding hydrogens is 319 g/mol. The Kier molecular flexibility index (Phi) is 3.13. The maximum atomic E-state index is 11.8. The number of nitrogens with one attached hydrogen (secondary N) is 1. The molecule has 1 unspecified atom stereocenters. The van der Waals surface area contributed by atoms with E-state index in [-0.39, 0.29) is 18.4 Å². The molecule has 0 aliphatic carbocycles. The van der Waals surface area contributed by atoms with Crippen LogP contribution in [0.4, 0.5) is 5.69 Å². The van der Waals surface area contributed by atoms with Crippen molar-refractivity contribution in [1.29, 1.82) is 0 Å². The summed E-state index contributed by atoms with van der Waals surface area (Å²) in [4.78, 5) is 24.8. The quantitative estimate of drug-likeness (QED) is 0.785. The first-order chi connectivity index (χ1) is 7.59. The second kappa shape index (κ2) is 4.40. The van der Waals surface area contributed by atoms with Crippen LogP contribution in [0.1, 0.15) is 6.92 Å². The molecule has 1 aliphatic rings. The molecule has 1 heterocycles. The van der Waals surface area contributed by atoms with Gasteiger partial charge in [-0.2, -0.15) is 0 Å². The Hall–Kier alpha value is -1.11. The molecule has 1 fully saturated rings. The second-order valence-electron chi connectivity index (χ2n) is 3.64. The zero-order valence-corrected chi connectivity index (χ0v) is 10.9. The number of benzene rings is 1. The number of amides is 2. The van der Waals surface area contributed by atoms with Crippen molar-refractivity contribution in [3.8, 4) is 0 Å². The molecule has 0 aromatic heterocycles. The number of rotatable bonds is 1. The van der Waals surface area contributed by atoms with E-state index in [1.54, 1.807) is 11.8 Å². The van der Waals surface area contributed by atoms with E-state index >= 15 is 0 Å². The molecule has 1 atom stereocenters. The highest BCUT2D eigenvalue weighted by atomic mass is 127. The highest BCUT2D eigenvalue weighted by molar-refractivity contribution is 14.1. The summed E-state index contributed by atoms with van der Waals surface area (Å²) in [6, 6.07) is 7.12. The van der Waals surface area contributed by atoms with Crippen LogP contribution in [-0.2, 0) is 9.59 Å². The summed E-state index contributed by atoms with van der Waals surface area (Å²) in [6.45, 7) is 1.81. The van der Waals surface area contributed by atoms with Gasteiger partial charge in [0.05, 0.1) is 6.54 Å². The molecule has 1 N–H and O–H groups in total. The van der Waals surface area contributed by atoms with Gasteiger partial charge in [0.1, 0.15) is 6.04 Å². The first-order valence-electron chi connectivity index (χ1n) is 4.95. The zero-order chi connectivity index (χ0) is 11.7. The van der Waals surface area contributed by atoms with Crippen molar-refractivity contribution in [2.24, 2.45) is 0 Å². The number of carbonyl (C=O) groups excluding carboxylic acids is 2. The second-order valence-corrected chi connectivity index (χ2v) is 4.88. The van der Waals surface area contributed by atoms with Gasteiger partial charge in [0.2, 0.25) is 11.8 Å². The number of anilines is 1. The van der Waals surface area contributed by atoms with E-state index in [4.69, 9.17) is 0 Å². The van der Waals surface area contributed by atoms with Crippen LogP contribution in [0, 0.1) is 3.57 Å². The highest BCUT2D eigenvalue weighted by Gasteiger charge is 2.31. The van der Waals surface area contributed by atoms with Gasteiger partial charge in [-0.3, -0.25) is 14.5 Å².